The number of carboxylic acid groups (broad SMARTS) is 1. The lowest BCUT2D eigenvalue weighted by atomic mass is 9.89. The number of nitrogens with two attached hydrogens (primary N) is 1. The summed E-state index contributed by atoms with van der Waals surface area (Å²) in [6, 6.07) is 13.9. The molecule has 2 saturated heterocycles. The quantitative estimate of drug-likeness (QED) is 0.0113. The molecule has 0 spiro atoms. The number of phenols is 1. The number of carbonyl (C=O) groups is 3. The van der Waals surface area contributed by atoms with E-state index in [-0.39, 0.29) is 156 Å². The summed E-state index contributed by atoms with van der Waals surface area (Å²) in [5.41, 5.74) is 3.77. The number of fused-ring (bicyclic) bond motifs is 2. The van der Waals surface area contributed by atoms with Gasteiger partial charge in [0.1, 0.15) is 53.7 Å². The fourth-order valence-corrected chi connectivity index (χ4v) is 13.4. The number of phenolic OH excluding ortho intramolecular Hbond substituents is 1. The van der Waals surface area contributed by atoms with E-state index in [1.54, 1.807) is 6.07 Å². The Labute approximate surface area is 587 Å². The molecule has 9 atom stereocenters. The van der Waals surface area contributed by atoms with Crippen molar-refractivity contribution < 1.29 is 122 Å². The van der Waals surface area contributed by atoms with Crippen molar-refractivity contribution in [2.75, 3.05) is 133 Å². The molecule has 103 heavy (non-hydrogen) atoms. The van der Waals surface area contributed by atoms with E-state index in [0.717, 1.165) is 42.7 Å². The Morgan fingerprint density at radius 3 is 1.92 bits per heavy atom. The van der Waals surface area contributed by atoms with Crippen molar-refractivity contribution in [2.24, 2.45) is 0 Å². The van der Waals surface area contributed by atoms with Crippen LogP contribution in [0, 0.1) is 0 Å². The van der Waals surface area contributed by atoms with Gasteiger partial charge in [0.2, 0.25) is 5.91 Å². The van der Waals surface area contributed by atoms with E-state index >= 15 is 0 Å². The molecule has 1 aliphatic carbocycles. The van der Waals surface area contributed by atoms with Crippen LogP contribution in [0.15, 0.2) is 103 Å². The summed E-state index contributed by atoms with van der Waals surface area (Å²) in [6.45, 7) is -1.59. The number of anilines is 1. The van der Waals surface area contributed by atoms with Gasteiger partial charge in [0.05, 0.1) is 110 Å². The number of aliphatic hydroxyl groups excluding tert-OH is 2. The van der Waals surface area contributed by atoms with Crippen LogP contribution in [0.3, 0.4) is 0 Å². The van der Waals surface area contributed by atoms with Crippen molar-refractivity contribution in [3.05, 3.63) is 137 Å². The van der Waals surface area contributed by atoms with Crippen molar-refractivity contribution in [3.63, 3.8) is 0 Å². The molecular weight excluding hydrogens is 1430 g/mol. The van der Waals surface area contributed by atoms with Crippen LogP contribution in [0.1, 0.15) is 77.3 Å². The van der Waals surface area contributed by atoms with E-state index in [9.17, 15) is 62.6 Å². The Morgan fingerprint density at radius 2 is 1.29 bits per heavy atom. The molecule has 9 N–H and O–H groups in total. The van der Waals surface area contributed by atoms with Gasteiger partial charge in [-0.3, -0.25) is 74.0 Å². The number of aromatic hydroxyl groups is 1. The number of aromatic nitrogens is 4. The third-order valence-corrected chi connectivity index (χ3v) is 19.9. The SMILES string of the molecule is COP(=O)(OCCOCCOCCOP(=O)(OC)O[C@@H]1C[C@H](n2cc(C=CC(=O)NCCCCCCNC(=O)c3ccc(C(=O)O)c(-c4c5ccc(=O)cc-5oc5cc(O)ccc45)c3)c(=O)[nH]c2=O)O[C@@H]1COP(=O)(OC)OCCOCCOCCO)OC[C@H]1O[C@@H](n2ccc(N)nc2=O)C[C@H]1O. The molecule has 2 aromatic heterocycles. The van der Waals surface area contributed by atoms with Gasteiger partial charge in [-0.05, 0) is 73.0 Å². The predicted octanol–water partition coefficient (Wildman–Crippen LogP) is 4.50. The lowest BCUT2D eigenvalue weighted by Crippen LogP contribution is -2.33. The molecule has 3 aliphatic heterocycles. The largest absolute Gasteiger partial charge is 0.508 e. The number of unbranched alkanes of at least 4 members (excludes halogenated alkanes) is 3. The van der Waals surface area contributed by atoms with Gasteiger partial charge in [0.25, 0.3) is 11.5 Å². The van der Waals surface area contributed by atoms with E-state index in [0.29, 0.717) is 42.2 Å². The predicted molar refractivity (Wildman–Crippen MR) is 362 cm³/mol. The molecule has 2 amide bonds. The minimum absolute atomic E-state index is 0.00546. The molecular formula is C63H82N7O30P3. The number of nitrogen functional groups attached to an aromatic ring is 1. The zero-order chi connectivity index (χ0) is 74.1. The highest BCUT2D eigenvalue weighted by atomic mass is 31.2. The topological polar surface area (TPSA) is 492 Å². The fourth-order valence-electron chi connectivity index (χ4n) is 10.5. The van der Waals surface area contributed by atoms with Gasteiger partial charge in [-0.2, -0.15) is 4.98 Å². The molecule has 4 aliphatic rings. The number of nitrogens with one attached hydrogen (secondary N) is 3. The van der Waals surface area contributed by atoms with Crippen LogP contribution < -0.4 is 38.7 Å². The Hall–Kier alpha value is -7.55. The smallest absolute Gasteiger partial charge is 0.474 e. The van der Waals surface area contributed by atoms with Gasteiger partial charge in [0.15, 0.2) is 5.43 Å². The summed E-state index contributed by atoms with van der Waals surface area (Å²) in [6.07, 6.45) is -0.0990. The number of ether oxygens (including phenoxy) is 6. The van der Waals surface area contributed by atoms with Crippen LogP contribution in [0.2, 0.25) is 0 Å². The number of phosphoric acid groups is 3. The molecule has 3 unspecified atom stereocenters. The van der Waals surface area contributed by atoms with E-state index in [2.05, 4.69) is 20.6 Å². The van der Waals surface area contributed by atoms with Crippen molar-refractivity contribution in [2.45, 2.75) is 75.4 Å². The first-order valence-corrected chi connectivity index (χ1v) is 36.7. The third-order valence-electron chi connectivity index (χ3n) is 15.6. The highest BCUT2D eigenvalue weighted by Gasteiger charge is 2.45. The number of nitrogens with zero attached hydrogens (tertiary/aromatic N) is 3. The monoisotopic (exact) mass is 1510 g/mol. The van der Waals surface area contributed by atoms with Gasteiger partial charge in [-0.1, -0.05) is 12.8 Å². The van der Waals surface area contributed by atoms with Gasteiger partial charge >= 0.3 is 40.8 Å². The lowest BCUT2D eigenvalue weighted by molar-refractivity contribution is -0.116. The lowest BCUT2D eigenvalue weighted by Gasteiger charge is -2.24. The number of carboxylic acids is 1. The highest BCUT2D eigenvalue weighted by molar-refractivity contribution is 7.49. The summed E-state index contributed by atoms with van der Waals surface area (Å²) in [7, 11) is -9.84. The molecule has 564 valence electrons. The number of rotatable bonds is 45. The van der Waals surface area contributed by atoms with Crippen LogP contribution in [0.25, 0.3) is 39.5 Å². The number of aromatic carboxylic acids is 1. The number of hydrogen-bond donors (Lipinski definition) is 8. The zero-order valence-corrected chi connectivity index (χ0v) is 59.0. The molecule has 2 aromatic carbocycles. The second-order valence-electron chi connectivity index (χ2n) is 22.6. The minimum atomic E-state index is -4.52. The highest BCUT2D eigenvalue weighted by Crippen LogP contribution is 2.54. The third kappa shape index (κ3) is 23.7. The number of hydrogen-bond acceptors (Lipinski definition) is 31. The Kier molecular flexibility index (Phi) is 31.1. The van der Waals surface area contributed by atoms with E-state index in [4.69, 9.17) is 84.4 Å². The summed E-state index contributed by atoms with van der Waals surface area (Å²) >= 11 is 0. The maximum Gasteiger partial charge on any atom is 0.474 e. The molecule has 5 heterocycles. The van der Waals surface area contributed by atoms with E-state index < -0.39 is 108 Å². The number of carbonyl (C=O) groups excluding carboxylic acids is 2. The Balaban J connectivity index is 0.789. The fraction of sp³-hybridized carbons (Fsp3) is 0.492. The first kappa shape index (κ1) is 81.1. The molecule has 0 bridgehead atoms. The molecule has 2 fully saturated rings. The first-order chi connectivity index (χ1) is 49.5. The number of benzene rings is 3. The second kappa shape index (κ2) is 39.5. The van der Waals surface area contributed by atoms with Crippen LogP contribution in [0.4, 0.5) is 5.82 Å². The molecule has 40 heteroatoms. The Morgan fingerprint density at radius 1 is 0.689 bits per heavy atom. The van der Waals surface area contributed by atoms with E-state index in [1.165, 1.54) is 66.9 Å². The Bertz CT molecular complexity index is 4230. The molecule has 37 nitrogen and oxygen atoms in total. The van der Waals surface area contributed by atoms with Gasteiger partial charge < -0.3 is 69.6 Å². The number of phosphoric ester groups is 3. The van der Waals surface area contributed by atoms with Crippen molar-refractivity contribution in [1.29, 1.82) is 0 Å². The van der Waals surface area contributed by atoms with Gasteiger partial charge in [-0.25, -0.2) is 28.1 Å². The van der Waals surface area contributed by atoms with Crippen molar-refractivity contribution >= 4 is 64.1 Å². The maximum absolute atomic E-state index is 14.0. The molecule has 4 aromatic rings. The maximum atomic E-state index is 14.0. The summed E-state index contributed by atoms with van der Waals surface area (Å²) < 4.78 is 130. The van der Waals surface area contributed by atoms with Crippen LogP contribution in [0.5, 0.6) is 5.75 Å². The summed E-state index contributed by atoms with van der Waals surface area (Å²) in [5.74, 6) is -2.26. The summed E-state index contributed by atoms with van der Waals surface area (Å²) in [4.78, 5) is 95.8. The standard InChI is InChI=1S/C63H82N7O30P3/c1-85-101(82,95-38-52-48(74)35-56(98-52)69-19-16-54(64)67-62(69)80)92-29-27-90-24-25-91-28-31-94-103(84,87-3)100-51-36-57(99-53(51)39-96-102(83,86-2)93-30-26-89-23-22-88-21-20-71)70-37-41(60(77)68-63(70)81)9-15-55(75)65-17-6-4-5-7-18-66-59(76)40-8-12-44(61(78)79)47(32-40)58-45-13-10-42(72)33-49(45)97-50-34-43(73)11-14-46(50)58/h8-16,19,32-34,37,48,51-53,56-57,71-72,74H,4-7,17-18,20-31,35-36,38-39H2,1-3H3,(H,65,75)(H,66,76)(H,78,79)(H2,64,67,80)(H,68,77,81)/t48-,51-,52-,53-,56-,57-,101?,102?,103?/m1/s1. The average molecular weight is 1510 g/mol. The zero-order valence-electron chi connectivity index (χ0n) is 56.3. The normalized spacial score (nSPS) is 19.4. The first-order valence-electron chi connectivity index (χ1n) is 32.3. The van der Waals surface area contributed by atoms with Gasteiger partial charge in [-0.15, -0.1) is 0 Å². The van der Waals surface area contributed by atoms with Crippen molar-refractivity contribution in [3.8, 4) is 28.2 Å². The van der Waals surface area contributed by atoms with E-state index in [1.807, 2.05) is 0 Å². The van der Waals surface area contributed by atoms with Gasteiger partial charge in [0, 0.05) is 99.9 Å². The van der Waals surface area contributed by atoms with Crippen LogP contribution in [-0.2, 0) is 87.6 Å². The minimum Gasteiger partial charge on any atom is -0.508 e. The second-order valence-corrected chi connectivity index (χ2v) is 27.8. The average Bonchev–Trinajstić information content (AvgIpc) is 1.62. The molecule has 0 saturated carbocycles. The van der Waals surface area contributed by atoms with Crippen molar-refractivity contribution in [1.82, 2.24) is 29.7 Å². The number of aliphatic hydroxyl groups is 2. The molecule has 8 rings (SSSR count). The number of amides is 2. The summed E-state index contributed by atoms with van der Waals surface area (Å²) in [5, 5.41) is 45.8. The van der Waals surface area contributed by atoms with Crippen LogP contribution >= 0.6 is 23.5 Å². The number of H-pyrrole nitrogens is 1. The van der Waals surface area contributed by atoms with Crippen LogP contribution in [-0.4, -0.2) is 209 Å². The number of aromatic amines is 1. The molecule has 0 radical (unpaired) electrons.